The van der Waals surface area contributed by atoms with Crippen molar-refractivity contribution in [2.75, 3.05) is 52.5 Å². The van der Waals surface area contributed by atoms with Gasteiger partial charge in [0.25, 0.3) is 0 Å². The van der Waals surface area contributed by atoms with Crippen LogP contribution in [0.2, 0.25) is 0 Å². The summed E-state index contributed by atoms with van der Waals surface area (Å²) in [6, 6.07) is 0. The SMILES string of the molecule is CCOC(=O)CCN1CCC(CCCC2CCN(CCC(=O)OCC)CC2)CC1. The van der Waals surface area contributed by atoms with Gasteiger partial charge in [-0.1, -0.05) is 19.3 Å². The molecule has 0 spiro atoms. The number of nitrogens with zero attached hydrogens (tertiary/aromatic N) is 2. The van der Waals surface area contributed by atoms with Gasteiger partial charge in [0, 0.05) is 13.1 Å². The predicted octanol–water partition coefficient (Wildman–Crippen LogP) is 3.49. The summed E-state index contributed by atoms with van der Waals surface area (Å²) in [6.45, 7) is 10.9. The van der Waals surface area contributed by atoms with Crippen LogP contribution in [0.15, 0.2) is 0 Å². The highest BCUT2D eigenvalue weighted by molar-refractivity contribution is 5.69. The number of carbonyl (C=O) groups is 2. The number of esters is 2. The van der Waals surface area contributed by atoms with E-state index in [1.165, 1.54) is 44.9 Å². The summed E-state index contributed by atoms with van der Waals surface area (Å²) < 4.78 is 10.0. The fraction of sp³-hybridized carbons (Fsp3) is 0.913. The van der Waals surface area contributed by atoms with Gasteiger partial charge in [-0.2, -0.15) is 0 Å². The van der Waals surface area contributed by atoms with E-state index in [2.05, 4.69) is 9.80 Å². The summed E-state index contributed by atoms with van der Waals surface area (Å²) >= 11 is 0. The van der Waals surface area contributed by atoms with Crippen LogP contribution in [0.5, 0.6) is 0 Å². The van der Waals surface area contributed by atoms with Crippen molar-refractivity contribution in [3.05, 3.63) is 0 Å². The lowest BCUT2D eigenvalue weighted by Gasteiger charge is -2.33. The van der Waals surface area contributed by atoms with Crippen molar-refractivity contribution in [1.29, 1.82) is 0 Å². The van der Waals surface area contributed by atoms with Gasteiger partial charge in [0.05, 0.1) is 26.1 Å². The van der Waals surface area contributed by atoms with Crippen LogP contribution < -0.4 is 0 Å². The maximum absolute atomic E-state index is 11.5. The van der Waals surface area contributed by atoms with E-state index in [-0.39, 0.29) is 11.9 Å². The van der Waals surface area contributed by atoms with Gasteiger partial charge in [-0.15, -0.1) is 0 Å². The highest BCUT2D eigenvalue weighted by Crippen LogP contribution is 2.27. The molecule has 2 aliphatic rings. The first kappa shape index (κ1) is 24.1. The molecule has 0 atom stereocenters. The van der Waals surface area contributed by atoms with E-state index >= 15 is 0 Å². The third-order valence-electron chi connectivity index (χ3n) is 6.51. The highest BCUT2D eigenvalue weighted by atomic mass is 16.5. The van der Waals surface area contributed by atoms with Crippen LogP contribution in [0, 0.1) is 11.8 Å². The van der Waals surface area contributed by atoms with Gasteiger partial charge in [-0.3, -0.25) is 9.59 Å². The largest absolute Gasteiger partial charge is 0.466 e. The summed E-state index contributed by atoms with van der Waals surface area (Å²) in [5, 5.41) is 0. The Morgan fingerprint density at radius 3 is 1.45 bits per heavy atom. The Morgan fingerprint density at radius 2 is 1.10 bits per heavy atom. The lowest BCUT2D eigenvalue weighted by atomic mass is 9.87. The number of ether oxygens (including phenoxy) is 2. The Morgan fingerprint density at radius 1 is 0.724 bits per heavy atom. The van der Waals surface area contributed by atoms with Gasteiger partial charge >= 0.3 is 11.9 Å². The summed E-state index contributed by atoms with van der Waals surface area (Å²) in [7, 11) is 0. The first-order valence-corrected chi connectivity index (χ1v) is 11.9. The van der Waals surface area contributed by atoms with Gasteiger partial charge in [-0.25, -0.2) is 0 Å². The Kier molecular flexibility index (Phi) is 11.6. The summed E-state index contributed by atoms with van der Waals surface area (Å²) in [4.78, 5) is 27.8. The van der Waals surface area contributed by atoms with Crippen LogP contribution in [0.3, 0.4) is 0 Å². The van der Waals surface area contributed by atoms with Gasteiger partial charge in [0.1, 0.15) is 0 Å². The predicted molar refractivity (Wildman–Crippen MR) is 115 cm³/mol. The zero-order valence-corrected chi connectivity index (χ0v) is 18.7. The van der Waals surface area contributed by atoms with Crippen LogP contribution in [0.25, 0.3) is 0 Å². The summed E-state index contributed by atoms with van der Waals surface area (Å²) in [5.41, 5.74) is 0. The molecule has 6 heteroatoms. The second-order valence-electron chi connectivity index (χ2n) is 8.61. The normalized spacial score (nSPS) is 19.9. The van der Waals surface area contributed by atoms with E-state index in [1.807, 2.05) is 13.8 Å². The molecule has 2 fully saturated rings. The Balaban J connectivity index is 1.48. The van der Waals surface area contributed by atoms with Crippen LogP contribution >= 0.6 is 0 Å². The van der Waals surface area contributed by atoms with E-state index in [1.54, 1.807) is 0 Å². The lowest BCUT2D eigenvalue weighted by Crippen LogP contribution is -2.36. The molecule has 29 heavy (non-hydrogen) atoms. The standard InChI is InChI=1S/C23H42N2O4/c1-3-28-22(26)12-18-24-14-8-20(9-15-24)6-5-7-21-10-16-25(17-11-21)19-13-23(27)29-4-2/h20-21H,3-19H2,1-2H3. The molecule has 2 saturated heterocycles. The minimum atomic E-state index is -0.0680. The average molecular weight is 411 g/mol. The van der Waals surface area contributed by atoms with Crippen molar-refractivity contribution >= 4 is 11.9 Å². The highest BCUT2D eigenvalue weighted by Gasteiger charge is 2.22. The third-order valence-corrected chi connectivity index (χ3v) is 6.51. The smallest absolute Gasteiger partial charge is 0.307 e. The van der Waals surface area contributed by atoms with E-state index < -0.39 is 0 Å². The molecule has 0 aliphatic carbocycles. The Hall–Kier alpha value is -1.14. The summed E-state index contributed by atoms with van der Waals surface area (Å²) in [5.74, 6) is 1.58. The number of hydrogen-bond donors (Lipinski definition) is 0. The van der Waals surface area contributed by atoms with Crippen molar-refractivity contribution in [3.8, 4) is 0 Å². The fourth-order valence-corrected chi connectivity index (χ4v) is 4.66. The van der Waals surface area contributed by atoms with E-state index in [4.69, 9.17) is 9.47 Å². The monoisotopic (exact) mass is 410 g/mol. The molecule has 0 N–H and O–H groups in total. The minimum absolute atomic E-state index is 0.0680. The molecule has 2 aliphatic heterocycles. The number of carbonyl (C=O) groups excluding carboxylic acids is 2. The first-order valence-electron chi connectivity index (χ1n) is 11.9. The van der Waals surface area contributed by atoms with Crippen molar-refractivity contribution in [2.45, 2.75) is 71.6 Å². The second kappa shape index (κ2) is 14.0. The van der Waals surface area contributed by atoms with Crippen molar-refractivity contribution in [3.63, 3.8) is 0 Å². The number of hydrogen-bond acceptors (Lipinski definition) is 6. The van der Waals surface area contributed by atoms with E-state index in [9.17, 15) is 9.59 Å². The van der Waals surface area contributed by atoms with Crippen molar-refractivity contribution in [2.24, 2.45) is 11.8 Å². The van der Waals surface area contributed by atoms with Crippen LogP contribution in [-0.4, -0.2) is 74.2 Å². The molecule has 0 bridgehead atoms. The zero-order chi connectivity index (χ0) is 20.9. The quantitative estimate of drug-likeness (QED) is 0.459. The fourth-order valence-electron chi connectivity index (χ4n) is 4.66. The molecule has 0 aromatic carbocycles. The maximum atomic E-state index is 11.5. The van der Waals surface area contributed by atoms with Crippen LogP contribution in [0.4, 0.5) is 0 Å². The van der Waals surface area contributed by atoms with Crippen molar-refractivity contribution < 1.29 is 19.1 Å². The topological polar surface area (TPSA) is 59.1 Å². The molecule has 0 aromatic rings. The molecule has 0 unspecified atom stereocenters. The molecule has 0 amide bonds. The molecule has 2 rings (SSSR count). The molecule has 0 radical (unpaired) electrons. The Bertz CT molecular complexity index is 427. The minimum Gasteiger partial charge on any atom is -0.466 e. The van der Waals surface area contributed by atoms with Gasteiger partial charge in [0.2, 0.25) is 0 Å². The molecule has 0 aromatic heterocycles. The van der Waals surface area contributed by atoms with E-state index in [0.29, 0.717) is 26.1 Å². The van der Waals surface area contributed by atoms with Gasteiger partial charge < -0.3 is 19.3 Å². The number of rotatable bonds is 12. The molecule has 2 heterocycles. The lowest BCUT2D eigenvalue weighted by molar-refractivity contribution is -0.144. The molecule has 168 valence electrons. The van der Waals surface area contributed by atoms with Crippen molar-refractivity contribution in [1.82, 2.24) is 9.80 Å². The van der Waals surface area contributed by atoms with Crippen LogP contribution in [-0.2, 0) is 19.1 Å². The molecular weight excluding hydrogens is 368 g/mol. The first-order chi connectivity index (χ1) is 14.1. The molecular formula is C23H42N2O4. The maximum Gasteiger partial charge on any atom is 0.307 e. The second-order valence-corrected chi connectivity index (χ2v) is 8.61. The summed E-state index contributed by atoms with van der Waals surface area (Å²) in [6.07, 6.45) is 10.2. The van der Waals surface area contributed by atoms with Gasteiger partial charge in [0.15, 0.2) is 0 Å². The molecule has 6 nitrogen and oxygen atoms in total. The van der Waals surface area contributed by atoms with Crippen LogP contribution in [0.1, 0.15) is 71.6 Å². The number of piperidine rings is 2. The molecule has 0 saturated carbocycles. The van der Waals surface area contributed by atoms with Gasteiger partial charge in [-0.05, 0) is 77.5 Å². The average Bonchev–Trinajstić information content (AvgIpc) is 2.73. The number of likely N-dealkylation sites (tertiary alicyclic amines) is 2. The Labute approximate surface area is 177 Å². The zero-order valence-electron chi connectivity index (χ0n) is 18.7. The third kappa shape index (κ3) is 9.94. The van der Waals surface area contributed by atoms with E-state index in [0.717, 1.165) is 51.1 Å².